The standard InChI is InChI=1S/C11H20N2O2S/c14-16(15,8-9-3-4-9)13-6-10-2-1-5-12-11(10)7-13/h9-12H,1-8H2/t10-,11+/m0/s1. The number of fused-ring (bicyclic) bond motifs is 1. The number of nitrogens with one attached hydrogen (secondary N) is 1. The largest absolute Gasteiger partial charge is 0.312 e. The lowest BCUT2D eigenvalue weighted by molar-refractivity contribution is 0.339. The summed E-state index contributed by atoms with van der Waals surface area (Å²) in [4.78, 5) is 0. The lowest BCUT2D eigenvalue weighted by atomic mass is 9.94. The molecule has 2 saturated heterocycles. The topological polar surface area (TPSA) is 49.4 Å². The minimum atomic E-state index is -2.96. The summed E-state index contributed by atoms with van der Waals surface area (Å²) >= 11 is 0. The van der Waals surface area contributed by atoms with Crippen LogP contribution in [0.3, 0.4) is 0 Å². The Morgan fingerprint density at radius 1 is 1.19 bits per heavy atom. The summed E-state index contributed by atoms with van der Waals surface area (Å²) in [5, 5.41) is 3.45. The second-order valence-electron chi connectivity index (χ2n) is 5.50. The highest BCUT2D eigenvalue weighted by Gasteiger charge is 2.41. The van der Waals surface area contributed by atoms with Crippen molar-refractivity contribution in [3.05, 3.63) is 0 Å². The number of nitrogens with zero attached hydrogens (tertiary/aromatic N) is 1. The number of hydrogen-bond acceptors (Lipinski definition) is 3. The molecule has 1 saturated carbocycles. The third-order valence-electron chi connectivity index (χ3n) is 4.10. The Hall–Kier alpha value is -0.130. The van der Waals surface area contributed by atoms with E-state index in [0.717, 1.165) is 25.9 Å². The predicted molar refractivity (Wildman–Crippen MR) is 62.6 cm³/mol. The van der Waals surface area contributed by atoms with Crippen LogP contribution in [0.1, 0.15) is 25.7 Å². The minimum absolute atomic E-state index is 0.395. The number of piperidine rings is 1. The van der Waals surface area contributed by atoms with Gasteiger partial charge in [0.05, 0.1) is 5.75 Å². The third kappa shape index (κ3) is 2.13. The average Bonchev–Trinajstić information content (AvgIpc) is 2.94. The molecule has 0 bridgehead atoms. The Balaban J connectivity index is 1.67. The van der Waals surface area contributed by atoms with Gasteiger partial charge in [0.2, 0.25) is 10.0 Å². The normalized spacial score (nSPS) is 36.2. The molecule has 16 heavy (non-hydrogen) atoms. The second-order valence-corrected chi connectivity index (χ2v) is 7.52. The van der Waals surface area contributed by atoms with E-state index in [1.165, 1.54) is 12.8 Å². The molecule has 0 radical (unpaired) electrons. The first kappa shape index (κ1) is 11.0. The maximum absolute atomic E-state index is 12.1. The van der Waals surface area contributed by atoms with Crippen molar-refractivity contribution in [2.45, 2.75) is 31.7 Å². The maximum Gasteiger partial charge on any atom is 0.214 e. The number of hydrogen-bond donors (Lipinski definition) is 1. The van der Waals surface area contributed by atoms with Gasteiger partial charge in [-0.3, -0.25) is 0 Å². The fourth-order valence-electron chi connectivity index (χ4n) is 2.92. The highest BCUT2D eigenvalue weighted by Crippen LogP contribution is 2.33. The molecule has 0 aromatic heterocycles. The van der Waals surface area contributed by atoms with Gasteiger partial charge >= 0.3 is 0 Å². The molecule has 1 N–H and O–H groups in total. The van der Waals surface area contributed by atoms with Crippen LogP contribution >= 0.6 is 0 Å². The Morgan fingerprint density at radius 2 is 2.00 bits per heavy atom. The highest BCUT2D eigenvalue weighted by molar-refractivity contribution is 7.89. The van der Waals surface area contributed by atoms with Gasteiger partial charge in [-0.25, -0.2) is 12.7 Å². The first-order valence-corrected chi connectivity index (χ1v) is 7.97. The van der Waals surface area contributed by atoms with E-state index in [4.69, 9.17) is 0 Å². The summed E-state index contributed by atoms with van der Waals surface area (Å²) in [6.45, 7) is 2.52. The van der Waals surface area contributed by atoms with Crippen molar-refractivity contribution in [2.75, 3.05) is 25.4 Å². The SMILES string of the molecule is O=S(=O)(CC1CC1)N1C[C@@H]2CCCN[C@@H]2C1. The van der Waals surface area contributed by atoms with Crippen molar-refractivity contribution >= 4 is 10.0 Å². The molecule has 3 rings (SSSR count). The predicted octanol–water partition coefficient (Wildman–Crippen LogP) is 0.410. The Labute approximate surface area is 97.4 Å². The molecule has 92 valence electrons. The third-order valence-corrected chi connectivity index (χ3v) is 6.08. The first-order valence-electron chi connectivity index (χ1n) is 6.36. The van der Waals surface area contributed by atoms with Crippen molar-refractivity contribution in [1.82, 2.24) is 9.62 Å². The van der Waals surface area contributed by atoms with Crippen LogP contribution in [-0.4, -0.2) is 44.2 Å². The van der Waals surface area contributed by atoms with Gasteiger partial charge < -0.3 is 5.32 Å². The van der Waals surface area contributed by atoms with E-state index in [1.54, 1.807) is 4.31 Å². The van der Waals surface area contributed by atoms with Gasteiger partial charge in [0.25, 0.3) is 0 Å². The van der Waals surface area contributed by atoms with Crippen LogP contribution < -0.4 is 5.32 Å². The quantitative estimate of drug-likeness (QED) is 0.782. The van der Waals surface area contributed by atoms with E-state index < -0.39 is 10.0 Å². The molecule has 5 heteroatoms. The number of rotatable bonds is 3. The van der Waals surface area contributed by atoms with Gasteiger partial charge in [-0.15, -0.1) is 0 Å². The van der Waals surface area contributed by atoms with Gasteiger partial charge in [0.1, 0.15) is 0 Å². The molecule has 2 atom stereocenters. The van der Waals surface area contributed by atoms with Crippen LogP contribution in [0.4, 0.5) is 0 Å². The Bertz CT molecular complexity index is 350. The molecule has 3 fully saturated rings. The Kier molecular flexibility index (Phi) is 2.72. The molecular formula is C11H20N2O2S. The highest BCUT2D eigenvalue weighted by atomic mass is 32.2. The van der Waals surface area contributed by atoms with E-state index in [0.29, 0.717) is 30.2 Å². The minimum Gasteiger partial charge on any atom is -0.312 e. The van der Waals surface area contributed by atoms with Crippen molar-refractivity contribution in [3.8, 4) is 0 Å². The molecule has 1 aliphatic carbocycles. The van der Waals surface area contributed by atoms with Crippen LogP contribution in [0.5, 0.6) is 0 Å². The van der Waals surface area contributed by atoms with Gasteiger partial charge in [-0.05, 0) is 44.1 Å². The zero-order valence-electron chi connectivity index (χ0n) is 9.56. The van der Waals surface area contributed by atoms with Gasteiger partial charge in [0, 0.05) is 19.1 Å². The molecule has 0 aromatic rings. The molecule has 2 aliphatic heterocycles. The van der Waals surface area contributed by atoms with Crippen LogP contribution in [-0.2, 0) is 10.0 Å². The van der Waals surface area contributed by atoms with E-state index in [9.17, 15) is 8.42 Å². The summed E-state index contributed by atoms with van der Waals surface area (Å²) in [5.41, 5.74) is 0. The van der Waals surface area contributed by atoms with E-state index in [2.05, 4.69) is 5.32 Å². The van der Waals surface area contributed by atoms with Gasteiger partial charge in [0.15, 0.2) is 0 Å². The van der Waals surface area contributed by atoms with E-state index in [1.807, 2.05) is 0 Å². The lowest BCUT2D eigenvalue weighted by Gasteiger charge is -2.24. The van der Waals surface area contributed by atoms with E-state index in [-0.39, 0.29) is 0 Å². The van der Waals surface area contributed by atoms with Crippen LogP contribution in [0, 0.1) is 11.8 Å². The molecule has 4 nitrogen and oxygen atoms in total. The first-order chi connectivity index (χ1) is 7.65. The molecule has 2 heterocycles. The van der Waals surface area contributed by atoms with Crippen LogP contribution in [0.15, 0.2) is 0 Å². The fourth-order valence-corrected chi connectivity index (χ4v) is 4.87. The molecule has 0 unspecified atom stereocenters. The van der Waals surface area contributed by atoms with Crippen LogP contribution in [0.2, 0.25) is 0 Å². The molecule has 0 spiro atoms. The van der Waals surface area contributed by atoms with Crippen LogP contribution in [0.25, 0.3) is 0 Å². The Morgan fingerprint density at radius 3 is 2.69 bits per heavy atom. The van der Waals surface area contributed by atoms with Crippen molar-refractivity contribution in [1.29, 1.82) is 0 Å². The summed E-state index contributed by atoms with van der Waals surface area (Å²) in [5.74, 6) is 1.41. The number of sulfonamides is 1. The van der Waals surface area contributed by atoms with Crippen molar-refractivity contribution in [3.63, 3.8) is 0 Å². The van der Waals surface area contributed by atoms with Crippen molar-refractivity contribution < 1.29 is 8.42 Å². The average molecular weight is 244 g/mol. The van der Waals surface area contributed by atoms with Crippen molar-refractivity contribution in [2.24, 2.45) is 11.8 Å². The maximum atomic E-state index is 12.1. The zero-order valence-corrected chi connectivity index (χ0v) is 10.4. The second kappa shape index (κ2) is 3.96. The summed E-state index contributed by atoms with van der Waals surface area (Å²) < 4.78 is 26.0. The van der Waals surface area contributed by atoms with Gasteiger partial charge in [-0.1, -0.05) is 0 Å². The van der Waals surface area contributed by atoms with Gasteiger partial charge in [-0.2, -0.15) is 0 Å². The molecule has 3 aliphatic rings. The lowest BCUT2D eigenvalue weighted by Crippen LogP contribution is -2.41. The smallest absolute Gasteiger partial charge is 0.214 e. The monoisotopic (exact) mass is 244 g/mol. The zero-order chi connectivity index (χ0) is 11.2. The van der Waals surface area contributed by atoms with E-state index >= 15 is 0 Å². The summed E-state index contributed by atoms with van der Waals surface area (Å²) in [7, 11) is -2.96. The summed E-state index contributed by atoms with van der Waals surface area (Å²) in [6, 6.07) is 0.419. The fraction of sp³-hybridized carbons (Fsp3) is 1.00. The molecular weight excluding hydrogens is 224 g/mol. The molecule has 0 amide bonds. The summed E-state index contributed by atoms with van der Waals surface area (Å²) in [6.07, 6.45) is 4.60. The molecule has 0 aromatic carbocycles.